The van der Waals surface area contributed by atoms with Crippen LogP contribution in [0, 0.1) is 13.8 Å². The molecule has 1 aliphatic rings. The van der Waals surface area contributed by atoms with Gasteiger partial charge in [0.2, 0.25) is 0 Å². The summed E-state index contributed by atoms with van der Waals surface area (Å²) in [6.45, 7) is 6.67. The van der Waals surface area contributed by atoms with Crippen molar-refractivity contribution in [1.29, 1.82) is 0 Å². The number of hydrogen-bond donors (Lipinski definition) is 0. The number of aryl methyl sites for hydroxylation is 2. The third-order valence-electron chi connectivity index (χ3n) is 4.49. The Morgan fingerprint density at radius 3 is 2.44 bits per heavy atom. The minimum Gasteiger partial charge on any atom is -0.378 e. The fraction of sp³-hybridized carbons (Fsp3) is 0.273. The predicted molar refractivity (Wildman–Crippen MR) is 117 cm³/mol. The second-order valence-corrected chi connectivity index (χ2v) is 7.84. The zero-order valence-electron chi connectivity index (χ0n) is 16.5. The van der Waals surface area contributed by atoms with Crippen LogP contribution >= 0.6 is 11.8 Å². The van der Waals surface area contributed by atoms with Gasteiger partial charge in [-0.25, -0.2) is 4.99 Å². The van der Waals surface area contributed by atoms with Gasteiger partial charge in [0.1, 0.15) is 0 Å². The summed E-state index contributed by atoms with van der Waals surface area (Å²) in [5.74, 6) is 0.0169. The summed E-state index contributed by atoms with van der Waals surface area (Å²) in [6, 6.07) is 14.4. The highest BCUT2D eigenvalue weighted by Crippen LogP contribution is 2.35. The second-order valence-electron chi connectivity index (χ2n) is 6.83. The number of amides is 1. The number of amidine groups is 1. The molecule has 1 amide bonds. The molecule has 0 aromatic heterocycles. The number of aliphatic imine (C=N–C) groups is 1. The van der Waals surface area contributed by atoms with E-state index in [1.165, 1.54) is 11.8 Å². The van der Waals surface area contributed by atoms with Gasteiger partial charge in [-0.05, 0) is 73.5 Å². The monoisotopic (exact) mass is 379 g/mol. The Labute approximate surface area is 165 Å². The smallest absolute Gasteiger partial charge is 0.266 e. The molecule has 0 radical (unpaired) electrons. The largest absolute Gasteiger partial charge is 0.378 e. The molecule has 0 atom stereocenters. The van der Waals surface area contributed by atoms with Crippen LogP contribution in [0.2, 0.25) is 0 Å². The first-order valence-electron chi connectivity index (χ1n) is 9.03. The van der Waals surface area contributed by atoms with Crippen LogP contribution in [0.15, 0.2) is 52.4 Å². The lowest BCUT2D eigenvalue weighted by atomic mass is 10.1. The van der Waals surface area contributed by atoms with Gasteiger partial charge in [-0.3, -0.25) is 9.69 Å². The van der Waals surface area contributed by atoms with Crippen LogP contribution in [-0.2, 0) is 4.79 Å². The zero-order valence-corrected chi connectivity index (χ0v) is 17.3. The molecule has 4 nitrogen and oxygen atoms in total. The molecular formula is C22H25N3OS. The van der Waals surface area contributed by atoms with E-state index in [1.807, 2.05) is 46.2 Å². The Balaban J connectivity index is 1.92. The van der Waals surface area contributed by atoms with Crippen LogP contribution in [0.1, 0.15) is 23.6 Å². The minimum absolute atomic E-state index is 0.0169. The molecular weight excluding hydrogens is 354 g/mol. The van der Waals surface area contributed by atoms with E-state index in [0.29, 0.717) is 11.4 Å². The maximum atomic E-state index is 12.8. The fourth-order valence-corrected chi connectivity index (χ4v) is 3.89. The van der Waals surface area contributed by atoms with Crippen LogP contribution < -0.4 is 4.90 Å². The number of anilines is 1. The van der Waals surface area contributed by atoms with Crippen molar-refractivity contribution in [1.82, 2.24) is 4.90 Å². The summed E-state index contributed by atoms with van der Waals surface area (Å²) in [5, 5.41) is 0.743. The first-order chi connectivity index (χ1) is 12.9. The summed E-state index contributed by atoms with van der Waals surface area (Å²) in [6.07, 6.45) is 1.95. The number of carbonyl (C=O) groups is 1. The maximum Gasteiger partial charge on any atom is 0.266 e. The molecule has 0 saturated carbocycles. The van der Waals surface area contributed by atoms with Crippen molar-refractivity contribution in [2.24, 2.45) is 4.99 Å². The van der Waals surface area contributed by atoms with Gasteiger partial charge in [0.15, 0.2) is 5.17 Å². The lowest BCUT2D eigenvalue weighted by Crippen LogP contribution is -2.28. The van der Waals surface area contributed by atoms with Crippen LogP contribution in [0.5, 0.6) is 0 Å². The summed E-state index contributed by atoms with van der Waals surface area (Å²) in [5.41, 5.74) is 5.33. The lowest BCUT2D eigenvalue weighted by Gasteiger charge is -2.13. The first-order valence-corrected chi connectivity index (χ1v) is 9.85. The number of likely N-dealkylation sites (N-methyl/N-ethyl adjacent to an activating group) is 1. The van der Waals surface area contributed by atoms with Gasteiger partial charge in [0.05, 0.1) is 10.6 Å². The number of thioether (sulfide) groups is 1. The summed E-state index contributed by atoms with van der Waals surface area (Å²) < 4.78 is 0. The van der Waals surface area contributed by atoms with Crippen LogP contribution in [0.4, 0.5) is 11.4 Å². The van der Waals surface area contributed by atoms with E-state index < -0.39 is 0 Å². The fourth-order valence-electron chi connectivity index (χ4n) is 2.83. The van der Waals surface area contributed by atoms with E-state index in [-0.39, 0.29) is 5.91 Å². The molecule has 0 bridgehead atoms. The average molecular weight is 380 g/mol. The summed E-state index contributed by atoms with van der Waals surface area (Å²) >= 11 is 1.44. The predicted octanol–water partition coefficient (Wildman–Crippen LogP) is 4.99. The zero-order chi connectivity index (χ0) is 19.6. The molecule has 3 rings (SSSR count). The quantitative estimate of drug-likeness (QED) is 0.702. The molecule has 0 spiro atoms. The highest BCUT2D eigenvalue weighted by molar-refractivity contribution is 8.18. The number of rotatable bonds is 4. The number of nitrogens with zero attached hydrogens (tertiary/aromatic N) is 3. The van der Waals surface area contributed by atoms with Crippen molar-refractivity contribution in [3.8, 4) is 0 Å². The highest BCUT2D eigenvalue weighted by Gasteiger charge is 2.32. The number of carbonyl (C=O) groups excluding carboxylic acids is 1. The van der Waals surface area contributed by atoms with E-state index in [9.17, 15) is 4.79 Å². The van der Waals surface area contributed by atoms with E-state index in [0.717, 1.165) is 33.2 Å². The van der Waals surface area contributed by atoms with E-state index in [1.54, 1.807) is 4.90 Å². The Morgan fingerprint density at radius 2 is 1.81 bits per heavy atom. The first kappa shape index (κ1) is 19.2. The molecule has 0 N–H and O–H groups in total. The molecule has 0 unspecified atom stereocenters. The standard InChI is InChI=1S/C22H25N3OS/c1-6-25-21(26)20(14-17-9-11-18(12-10-17)24(4)5)27-22(25)23-19-13-15(2)7-8-16(19)3/h7-14H,6H2,1-5H3/b20-14+,23-22?. The molecule has 1 aliphatic heterocycles. The molecule has 5 heteroatoms. The average Bonchev–Trinajstić information content (AvgIpc) is 2.93. The number of benzene rings is 2. The Hall–Kier alpha value is -2.53. The van der Waals surface area contributed by atoms with Crippen LogP contribution in [-0.4, -0.2) is 36.6 Å². The summed E-state index contributed by atoms with van der Waals surface area (Å²) in [4.78, 5) is 22.1. The molecule has 1 saturated heterocycles. The van der Waals surface area contributed by atoms with Crippen molar-refractivity contribution < 1.29 is 4.79 Å². The third-order valence-corrected chi connectivity index (χ3v) is 5.50. The van der Waals surface area contributed by atoms with Gasteiger partial charge in [0, 0.05) is 26.3 Å². The van der Waals surface area contributed by atoms with Gasteiger partial charge in [-0.2, -0.15) is 0 Å². The van der Waals surface area contributed by atoms with Gasteiger partial charge in [-0.15, -0.1) is 0 Å². The number of hydrogen-bond acceptors (Lipinski definition) is 4. The van der Waals surface area contributed by atoms with E-state index in [2.05, 4.69) is 42.2 Å². The normalized spacial score (nSPS) is 17.2. The van der Waals surface area contributed by atoms with Crippen molar-refractivity contribution in [2.75, 3.05) is 25.5 Å². The summed E-state index contributed by atoms with van der Waals surface area (Å²) in [7, 11) is 4.03. The second kappa shape index (κ2) is 8.01. The molecule has 0 aliphatic carbocycles. The minimum atomic E-state index is 0.0169. The maximum absolute atomic E-state index is 12.8. The van der Waals surface area contributed by atoms with Gasteiger partial charge >= 0.3 is 0 Å². The SMILES string of the molecule is CCN1C(=O)/C(=C\c2ccc(N(C)C)cc2)SC1=Nc1cc(C)ccc1C. The molecule has 1 heterocycles. The highest BCUT2D eigenvalue weighted by atomic mass is 32.2. The Kier molecular flexibility index (Phi) is 5.71. The molecule has 2 aromatic carbocycles. The van der Waals surface area contributed by atoms with Gasteiger partial charge < -0.3 is 4.90 Å². The van der Waals surface area contributed by atoms with Crippen LogP contribution in [0.3, 0.4) is 0 Å². The Morgan fingerprint density at radius 1 is 1.11 bits per heavy atom. The topological polar surface area (TPSA) is 35.9 Å². The van der Waals surface area contributed by atoms with E-state index in [4.69, 9.17) is 4.99 Å². The van der Waals surface area contributed by atoms with Crippen molar-refractivity contribution in [3.05, 3.63) is 64.1 Å². The Bertz CT molecular complexity index is 914. The molecule has 2 aromatic rings. The van der Waals surface area contributed by atoms with Crippen molar-refractivity contribution in [3.63, 3.8) is 0 Å². The van der Waals surface area contributed by atoms with Crippen LogP contribution in [0.25, 0.3) is 6.08 Å². The molecule has 27 heavy (non-hydrogen) atoms. The van der Waals surface area contributed by atoms with Crippen molar-refractivity contribution >= 4 is 40.3 Å². The van der Waals surface area contributed by atoms with Gasteiger partial charge in [0.25, 0.3) is 5.91 Å². The van der Waals surface area contributed by atoms with E-state index >= 15 is 0 Å². The molecule has 140 valence electrons. The van der Waals surface area contributed by atoms with Gasteiger partial charge in [-0.1, -0.05) is 24.3 Å². The third kappa shape index (κ3) is 4.25. The van der Waals surface area contributed by atoms with Crippen molar-refractivity contribution in [2.45, 2.75) is 20.8 Å². The molecule has 1 fully saturated rings. The lowest BCUT2D eigenvalue weighted by molar-refractivity contribution is -0.122.